The molecule has 2 aromatic carbocycles. The number of rotatable bonds is 6. The Labute approximate surface area is 174 Å². The number of benzene rings is 2. The highest BCUT2D eigenvalue weighted by Crippen LogP contribution is 2.15. The summed E-state index contributed by atoms with van der Waals surface area (Å²) in [6.45, 7) is 5.00. The molecular weight excluding hydrogens is 394 g/mol. The molecule has 0 spiro atoms. The molecule has 2 aromatic rings. The van der Waals surface area contributed by atoms with Crippen molar-refractivity contribution in [3.8, 4) is 0 Å². The van der Waals surface area contributed by atoms with Crippen molar-refractivity contribution in [1.82, 2.24) is 5.32 Å². The van der Waals surface area contributed by atoms with E-state index in [4.69, 9.17) is 16.3 Å². The SMILES string of the molecule is CC(C)(C)OC(=O)NCC(=O)Nc1ccc(NC(=O)Cc2ccc(Cl)cc2)cc1. The van der Waals surface area contributed by atoms with Gasteiger partial charge in [0.05, 0.1) is 6.42 Å². The van der Waals surface area contributed by atoms with Gasteiger partial charge in [-0.3, -0.25) is 9.59 Å². The van der Waals surface area contributed by atoms with E-state index in [1.165, 1.54) is 0 Å². The lowest BCUT2D eigenvalue weighted by atomic mass is 10.1. The second-order valence-corrected chi connectivity index (χ2v) is 7.77. The van der Waals surface area contributed by atoms with E-state index in [0.717, 1.165) is 5.56 Å². The van der Waals surface area contributed by atoms with Gasteiger partial charge in [-0.2, -0.15) is 0 Å². The third-order valence-electron chi connectivity index (χ3n) is 3.52. The van der Waals surface area contributed by atoms with Gasteiger partial charge in [-0.15, -0.1) is 0 Å². The number of alkyl carbamates (subject to hydrolysis) is 1. The maximum atomic E-state index is 12.1. The van der Waals surface area contributed by atoms with Gasteiger partial charge in [-0.05, 0) is 62.7 Å². The third kappa shape index (κ3) is 8.66. The van der Waals surface area contributed by atoms with Crippen LogP contribution in [-0.4, -0.2) is 30.1 Å². The van der Waals surface area contributed by atoms with Crippen LogP contribution in [0.5, 0.6) is 0 Å². The molecule has 154 valence electrons. The first-order valence-electron chi connectivity index (χ1n) is 9.02. The van der Waals surface area contributed by atoms with Crippen molar-refractivity contribution in [1.29, 1.82) is 0 Å². The van der Waals surface area contributed by atoms with Crippen LogP contribution in [0.15, 0.2) is 48.5 Å². The zero-order chi connectivity index (χ0) is 21.4. The summed E-state index contributed by atoms with van der Waals surface area (Å²) in [5.74, 6) is -0.555. The summed E-state index contributed by atoms with van der Waals surface area (Å²) in [4.78, 5) is 35.6. The number of halogens is 1. The number of amides is 3. The van der Waals surface area contributed by atoms with E-state index in [0.29, 0.717) is 16.4 Å². The quantitative estimate of drug-likeness (QED) is 0.662. The van der Waals surface area contributed by atoms with Gasteiger partial charge in [0.1, 0.15) is 12.1 Å². The number of hydrogen-bond donors (Lipinski definition) is 3. The first-order chi connectivity index (χ1) is 13.6. The summed E-state index contributed by atoms with van der Waals surface area (Å²) in [5, 5.41) is 8.44. The Bertz CT molecular complexity index is 859. The average Bonchev–Trinajstić information content (AvgIpc) is 2.62. The molecule has 0 radical (unpaired) electrons. The van der Waals surface area contributed by atoms with E-state index in [1.54, 1.807) is 69.3 Å². The molecule has 8 heteroatoms. The minimum Gasteiger partial charge on any atom is -0.444 e. The molecule has 2 rings (SSSR count). The Hall–Kier alpha value is -3.06. The van der Waals surface area contributed by atoms with Crippen molar-refractivity contribution < 1.29 is 19.1 Å². The second kappa shape index (κ2) is 9.93. The number of carbonyl (C=O) groups is 3. The Morgan fingerprint density at radius 1 is 0.862 bits per heavy atom. The normalized spacial score (nSPS) is 10.8. The lowest BCUT2D eigenvalue weighted by Crippen LogP contribution is -2.37. The van der Waals surface area contributed by atoms with Crippen LogP contribution in [-0.2, 0) is 20.7 Å². The molecule has 0 heterocycles. The average molecular weight is 418 g/mol. The van der Waals surface area contributed by atoms with Gasteiger partial charge in [0.2, 0.25) is 11.8 Å². The fourth-order valence-electron chi connectivity index (χ4n) is 2.30. The van der Waals surface area contributed by atoms with Crippen molar-refractivity contribution in [2.45, 2.75) is 32.8 Å². The van der Waals surface area contributed by atoms with Crippen molar-refractivity contribution in [3.63, 3.8) is 0 Å². The van der Waals surface area contributed by atoms with Gasteiger partial charge in [-0.25, -0.2) is 4.79 Å². The van der Waals surface area contributed by atoms with Crippen LogP contribution in [0.4, 0.5) is 16.2 Å². The molecule has 0 bridgehead atoms. The first-order valence-corrected chi connectivity index (χ1v) is 9.39. The molecular formula is C21H24ClN3O4. The van der Waals surface area contributed by atoms with Crippen molar-refractivity contribution in [2.24, 2.45) is 0 Å². The fraction of sp³-hybridized carbons (Fsp3) is 0.286. The third-order valence-corrected chi connectivity index (χ3v) is 3.77. The number of hydrogen-bond acceptors (Lipinski definition) is 4. The lowest BCUT2D eigenvalue weighted by molar-refractivity contribution is -0.116. The maximum Gasteiger partial charge on any atom is 0.408 e. The summed E-state index contributed by atoms with van der Waals surface area (Å²) in [6.07, 6.45) is -0.433. The van der Waals surface area contributed by atoms with Crippen LogP contribution in [0.3, 0.4) is 0 Å². The lowest BCUT2D eigenvalue weighted by Gasteiger charge is -2.19. The van der Waals surface area contributed by atoms with Gasteiger partial charge in [-0.1, -0.05) is 23.7 Å². The van der Waals surface area contributed by atoms with Crippen LogP contribution in [0.25, 0.3) is 0 Å². The predicted molar refractivity (Wildman–Crippen MR) is 113 cm³/mol. The topological polar surface area (TPSA) is 96.5 Å². The molecule has 0 saturated carbocycles. The highest BCUT2D eigenvalue weighted by atomic mass is 35.5. The zero-order valence-electron chi connectivity index (χ0n) is 16.5. The van der Waals surface area contributed by atoms with Gasteiger partial charge >= 0.3 is 6.09 Å². The summed E-state index contributed by atoms with van der Waals surface area (Å²) in [6, 6.07) is 13.7. The molecule has 3 amide bonds. The van der Waals surface area contributed by atoms with E-state index < -0.39 is 17.6 Å². The number of anilines is 2. The largest absolute Gasteiger partial charge is 0.444 e. The van der Waals surface area contributed by atoms with E-state index >= 15 is 0 Å². The molecule has 0 aliphatic heterocycles. The highest BCUT2D eigenvalue weighted by molar-refractivity contribution is 6.30. The highest BCUT2D eigenvalue weighted by Gasteiger charge is 2.16. The zero-order valence-corrected chi connectivity index (χ0v) is 17.3. The molecule has 0 aliphatic carbocycles. The maximum absolute atomic E-state index is 12.1. The minimum absolute atomic E-state index is 0.161. The van der Waals surface area contributed by atoms with Crippen LogP contribution >= 0.6 is 11.6 Å². The smallest absolute Gasteiger partial charge is 0.408 e. The van der Waals surface area contributed by atoms with Crippen LogP contribution in [0, 0.1) is 0 Å². The van der Waals surface area contributed by atoms with Crippen LogP contribution < -0.4 is 16.0 Å². The number of carbonyl (C=O) groups excluding carboxylic acids is 3. The van der Waals surface area contributed by atoms with Crippen molar-refractivity contribution in [3.05, 3.63) is 59.1 Å². The molecule has 0 fully saturated rings. The van der Waals surface area contributed by atoms with Crippen molar-refractivity contribution >= 4 is 40.9 Å². The Morgan fingerprint density at radius 2 is 1.38 bits per heavy atom. The van der Waals surface area contributed by atoms with E-state index in [1.807, 2.05) is 0 Å². The van der Waals surface area contributed by atoms with Gasteiger partial charge < -0.3 is 20.7 Å². The summed E-state index contributed by atoms with van der Waals surface area (Å²) in [5.41, 5.74) is 1.37. The standard InChI is InChI=1S/C21H24ClN3O4/c1-21(2,3)29-20(28)23-13-19(27)25-17-10-8-16(9-11-17)24-18(26)12-14-4-6-15(22)7-5-14/h4-11H,12-13H2,1-3H3,(H,23,28)(H,24,26)(H,25,27). The van der Waals surface area contributed by atoms with Gasteiger partial charge in [0.25, 0.3) is 0 Å². The molecule has 3 N–H and O–H groups in total. The summed E-state index contributed by atoms with van der Waals surface area (Å²) in [7, 11) is 0. The second-order valence-electron chi connectivity index (χ2n) is 7.33. The first kappa shape index (κ1) is 22.2. The predicted octanol–water partition coefficient (Wildman–Crippen LogP) is 3.98. The van der Waals surface area contributed by atoms with Crippen LogP contribution in [0.1, 0.15) is 26.3 Å². The van der Waals surface area contributed by atoms with E-state index in [2.05, 4.69) is 16.0 Å². The van der Waals surface area contributed by atoms with E-state index in [-0.39, 0.29) is 18.9 Å². The van der Waals surface area contributed by atoms with Gasteiger partial charge in [0, 0.05) is 16.4 Å². The monoisotopic (exact) mass is 417 g/mol. The number of ether oxygens (including phenoxy) is 1. The number of nitrogens with one attached hydrogen (secondary N) is 3. The fourth-order valence-corrected chi connectivity index (χ4v) is 2.43. The van der Waals surface area contributed by atoms with Crippen molar-refractivity contribution in [2.75, 3.05) is 17.2 Å². The Kier molecular flexibility index (Phi) is 7.61. The molecule has 0 atom stereocenters. The van der Waals surface area contributed by atoms with Gasteiger partial charge in [0.15, 0.2) is 0 Å². The molecule has 0 unspecified atom stereocenters. The van der Waals surface area contributed by atoms with E-state index in [9.17, 15) is 14.4 Å². The Balaban J connectivity index is 1.78. The Morgan fingerprint density at radius 3 is 1.90 bits per heavy atom. The molecule has 29 heavy (non-hydrogen) atoms. The molecule has 0 saturated heterocycles. The minimum atomic E-state index is -0.661. The molecule has 7 nitrogen and oxygen atoms in total. The van der Waals surface area contributed by atoms with Crippen LogP contribution in [0.2, 0.25) is 5.02 Å². The molecule has 0 aliphatic rings. The summed E-state index contributed by atoms with van der Waals surface area (Å²) >= 11 is 5.83. The summed E-state index contributed by atoms with van der Waals surface area (Å²) < 4.78 is 5.06. The molecule has 0 aromatic heterocycles.